The molecule has 0 radical (unpaired) electrons. The molecule has 0 aromatic rings. The summed E-state index contributed by atoms with van der Waals surface area (Å²) >= 11 is 0. The summed E-state index contributed by atoms with van der Waals surface area (Å²) in [6, 6.07) is -1.000. The molecule has 0 spiro atoms. The number of allylic oxidation sites excluding steroid dienone is 4. The van der Waals surface area contributed by atoms with Gasteiger partial charge in [-0.3, -0.25) is 4.79 Å². The summed E-state index contributed by atoms with van der Waals surface area (Å²) < 4.78 is 0. The van der Waals surface area contributed by atoms with Gasteiger partial charge >= 0.3 is 0 Å². The topological polar surface area (TPSA) is 110 Å². The lowest BCUT2D eigenvalue weighted by Gasteiger charge is -2.27. The molecule has 0 aliphatic rings. The average molecular weight is 456 g/mol. The van der Waals surface area contributed by atoms with Gasteiger partial charge in [0.25, 0.3) is 0 Å². The lowest BCUT2D eigenvalue weighted by Crippen LogP contribution is -2.53. The van der Waals surface area contributed by atoms with E-state index in [9.17, 15) is 25.2 Å². The molecule has 0 aromatic carbocycles. The first-order valence-electron chi connectivity index (χ1n) is 12.7. The van der Waals surface area contributed by atoms with Crippen LogP contribution in [0.2, 0.25) is 0 Å². The molecule has 188 valence electrons. The van der Waals surface area contributed by atoms with Crippen molar-refractivity contribution in [2.75, 3.05) is 6.61 Å². The van der Waals surface area contributed by atoms with E-state index >= 15 is 0 Å². The van der Waals surface area contributed by atoms with E-state index in [4.69, 9.17) is 0 Å². The minimum absolute atomic E-state index is 0.340. The summed E-state index contributed by atoms with van der Waals surface area (Å²) in [7, 11) is 0. The maximum absolute atomic E-state index is 12.2. The zero-order valence-electron chi connectivity index (χ0n) is 20.4. The third kappa shape index (κ3) is 16.4. The fourth-order valence-corrected chi connectivity index (χ4v) is 3.42. The summed E-state index contributed by atoms with van der Waals surface area (Å²) in [5.41, 5.74) is 0. The minimum Gasteiger partial charge on any atom is -0.394 e. The van der Waals surface area contributed by atoms with Crippen LogP contribution in [0.15, 0.2) is 24.3 Å². The standard InChI is InChI=1S/C26H49NO5/c1-3-5-7-9-11-12-14-16-18-20-24(30)26(32)27-22(21-28)25(31)23(29)19-17-15-13-10-8-6-4-2/h9-11,13,22-25,28-31H,3-8,12,14-21H2,1-2H3,(H,27,32)/b11-9-,13-10+. The SMILES string of the molecule is CCCC/C=C\CCCCCC(O)C(=O)NC(CO)C(O)C(O)CCC/C=C/CCCC. The van der Waals surface area contributed by atoms with E-state index in [1.54, 1.807) is 0 Å². The van der Waals surface area contributed by atoms with E-state index < -0.39 is 36.9 Å². The number of aliphatic hydroxyl groups excluding tert-OH is 4. The monoisotopic (exact) mass is 455 g/mol. The van der Waals surface area contributed by atoms with Crippen molar-refractivity contribution in [2.45, 2.75) is 128 Å². The molecule has 0 fully saturated rings. The highest BCUT2D eigenvalue weighted by molar-refractivity contribution is 5.80. The molecule has 32 heavy (non-hydrogen) atoms. The van der Waals surface area contributed by atoms with Gasteiger partial charge in [0, 0.05) is 0 Å². The molecule has 5 N–H and O–H groups in total. The van der Waals surface area contributed by atoms with Crippen molar-refractivity contribution in [3.63, 3.8) is 0 Å². The second-order valence-electron chi connectivity index (χ2n) is 8.67. The highest BCUT2D eigenvalue weighted by Crippen LogP contribution is 2.11. The number of carbonyl (C=O) groups is 1. The molecule has 6 heteroatoms. The van der Waals surface area contributed by atoms with Crippen molar-refractivity contribution in [3.8, 4) is 0 Å². The average Bonchev–Trinajstić information content (AvgIpc) is 2.79. The lowest BCUT2D eigenvalue weighted by atomic mass is 10.00. The molecular weight excluding hydrogens is 406 g/mol. The zero-order chi connectivity index (χ0) is 24.0. The molecular formula is C26H49NO5. The molecule has 0 aromatic heterocycles. The molecule has 4 unspecified atom stereocenters. The van der Waals surface area contributed by atoms with E-state index in [-0.39, 0.29) is 0 Å². The third-order valence-electron chi connectivity index (χ3n) is 5.63. The summed E-state index contributed by atoms with van der Waals surface area (Å²) in [6.07, 6.45) is 18.0. The molecule has 1 amide bonds. The van der Waals surface area contributed by atoms with Crippen molar-refractivity contribution < 1.29 is 25.2 Å². The predicted molar refractivity (Wildman–Crippen MR) is 131 cm³/mol. The Labute approximate surface area is 195 Å². The second kappa shape index (κ2) is 21.6. The van der Waals surface area contributed by atoms with Crippen LogP contribution in [0.5, 0.6) is 0 Å². The molecule has 0 aliphatic carbocycles. The molecule has 0 aliphatic heterocycles. The molecule has 0 rings (SSSR count). The third-order valence-corrected chi connectivity index (χ3v) is 5.63. The van der Waals surface area contributed by atoms with Crippen LogP contribution in [-0.4, -0.2) is 57.3 Å². The fraction of sp³-hybridized carbons (Fsp3) is 0.808. The Bertz CT molecular complexity index is 495. The van der Waals surface area contributed by atoms with Crippen LogP contribution in [0.4, 0.5) is 0 Å². The first-order chi connectivity index (χ1) is 15.5. The highest BCUT2D eigenvalue weighted by atomic mass is 16.3. The largest absolute Gasteiger partial charge is 0.394 e. The number of carbonyl (C=O) groups excluding carboxylic acids is 1. The van der Waals surface area contributed by atoms with Crippen molar-refractivity contribution in [2.24, 2.45) is 0 Å². The normalized spacial score (nSPS) is 15.8. The molecule has 0 bridgehead atoms. The van der Waals surface area contributed by atoms with Gasteiger partial charge in [-0.2, -0.15) is 0 Å². The summed E-state index contributed by atoms with van der Waals surface area (Å²) in [6.45, 7) is 3.82. The van der Waals surface area contributed by atoms with E-state index in [1.165, 1.54) is 12.8 Å². The number of rotatable bonds is 21. The van der Waals surface area contributed by atoms with Crippen molar-refractivity contribution >= 4 is 5.91 Å². The molecule has 4 atom stereocenters. The van der Waals surface area contributed by atoms with Crippen LogP contribution in [0, 0.1) is 0 Å². The van der Waals surface area contributed by atoms with Crippen LogP contribution >= 0.6 is 0 Å². The van der Waals surface area contributed by atoms with Gasteiger partial charge in [0.2, 0.25) is 5.91 Å². The predicted octanol–water partition coefficient (Wildman–Crippen LogP) is 4.16. The van der Waals surface area contributed by atoms with Gasteiger partial charge in [-0.05, 0) is 51.4 Å². The highest BCUT2D eigenvalue weighted by Gasteiger charge is 2.28. The van der Waals surface area contributed by atoms with Gasteiger partial charge in [-0.1, -0.05) is 76.7 Å². The van der Waals surface area contributed by atoms with Gasteiger partial charge in [0.15, 0.2) is 0 Å². The van der Waals surface area contributed by atoms with E-state index in [2.05, 4.69) is 43.5 Å². The lowest BCUT2D eigenvalue weighted by molar-refractivity contribution is -0.132. The van der Waals surface area contributed by atoms with Gasteiger partial charge in [0.05, 0.1) is 18.8 Å². The van der Waals surface area contributed by atoms with Gasteiger partial charge in [-0.15, -0.1) is 0 Å². The van der Waals surface area contributed by atoms with Gasteiger partial charge in [-0.25, -0.2) is 0 Å². The van der Waals surface area contributed by atoms with E-state index in [0.29, 0.717) is 19.3 Å². The Morgan fingerprint density at radius 2 is 1.28 bits per heavy atom. The molecule has 6 nitrogen and oxygen atoms in total. The maximum Gasteiger partial charge on any atom is 0.249 e. The number of nitrogens with one attached hydrogen (secondary N) is 1. The van der Waals surface area contributed by atoms with Crippen LogP contribution < -0.4 is 5.32 Å². The molecule has 0 heterocycles. The maximum atomic E-state index is 12.2. The second-order valence-corrected chi connectivity index (χ2v) is 8.67. The Morgan fingerprint density at radius 1 is 0.750 bits per heavy atom. The Balaban J connectivity index is 4.11. The summed E-state index contributed by atoms with van der Waals surface area (Å²) in [5, 5.41) is 42.6. The summed E-state index contributed by atoms with van der Waals surface area (Å²) in [4.78, 5) is 12.2. The Morgan fingerprint density at radius 3 is 1.81 bits per heavy atom. The molecule has 0 saturated carbocycles. The Hall–Kier alpha value is -1.21. The van der Waals surface area contributed by atoms with Gasteiger partial charge in [0.1, 0.15) is 12.2 Å². The van der Waals surface area contributed by atoms with E-state index in [1.807, 2.05) is 0 Å². The van der Waals surface area contributed by atoms with Crippen LogP contribution in [0.1, 0.15) is 104 Å². The quantitative estimate of drug-likeness (QED) is 0.132. The minimum atomic E-state index is -1.28. The van der Waals surface area contributed by atoms with E-state index in [0.717, 1.165) is 57.8 Å². The first kappa shape index (κ1) is 30.8. The van der Waals surface area contributed by atoms with Crippen molar-refractivity contribution in [1.29, 1.82) is 0 Å². The fourth-order valence-electron chi connectivity index (χ4n) is 3.42. The molecule has 0 saturated heterocycles. The van der Waals surface area contributed by atoms with Crippen molar-refractivity contribution in [3.05, 3.63) is 24.3 Å². The van der Waals surface area contributed by atoms with Gasteiger partial charge < -0.3 is 25.7 Å². The number of amides is 1. The smallest absolute Gasteiger partial charge is 0.249 e. The van der Waals surface area contributed by atoms with Crippen molar-refractivity contribution in [1.82, 2.24) is 5.32 Å². The number of hydrogen-bond donors (Lipinski definition) is 5. The number of unbranched alkanes of at least 4 members (excludes halogenated alkanes) is 8. The van der Waals surface area contributed by atoms with Crippen LogP contribution in [-0.2, 0) is 4.79 Å². The Kier molecular flexibility index (Phi) is 20.8. The van der Waals surface area contributed by atoms with Crippen LogP contribution in [0.3, 0.4) is 0 Å². The number of aliphatic hydroxyl groups is 4. The zero-order valence-corrected chi connectivity index (χ0v) is 20.4. The number of hydrogen-bond acceptors (Lipinski definition) is 5. The first-order valence-corrected chi connectivity index (χ1v) is 12.7. The van der Waals surface area contributed by atoms with Crippen LogP contribution in [0.25, 0.3) is 0 Å². The summed E-state index contributed by atoms with van der Waals surface area (Å²) in [5.74, 6) is -0.617.